The molecular formula is C16H14ClNO2S. The maximum Gasteiger partial charge on any atom is 0.303 e. The van der Waals surface area contributed by atoms with Gasteiger partial charge in [0.2, 0.25) is 0 Å². The molecule has 3 nitrogen and oxygen atoms in total. The smallest absolute Gasteiger partial charge is 0.303 e. The topological polar surface area (TPSA) is 50.2 Å². The second-order valence-electron chi connectivity index (χ2n) is 4.59. The van der Waals surface area contributed by atoms with Gasteiger partial charge in [0.15, 0.2) is 0 Å². The zero-order chi connectivity index (χ0) is 13.9. The lowest BCUT2D eigenvalue weighted by atomic mass is 10.0. The van der Waals surface area contributed by atoms with Crippen molar-refractivity contribution < 1.29 is 9.90 Å². The molecule has 0 aliphatic heterocycles. The monoisotopic (exact) mass is 319 g/mol. The third kappa shape index (κ3) is 3.40. The van der Waals surface area contributed by atoms with Gasteiger partial charge in [-0.3, -0.25) is 4.79 Å². The van der Waals surface area contributed by atoms with Crippen LogP contribution in [-0.2, 0) is 11.2 Å². The number of hydrogen-bond acceptors (Lipinski definition) is 3. The van der Waals surface area contributed by atoms with E-state index in [2.05, 4.69) is 10.4 Å². The van der Waals surface area contributed by atoms with Gasteiger partial charge >= 0.3 is 5.97 Å². The van der Waals surface area contributed by atoms with E-state index in [4.69, 9.17) is 5.11 Å². The number of halogens is 1. The molecule has 0 saturated carbocycles. The van der Waals surface area contributed by atoms with Gasteiger partial charge in [0, 0.05) is 22.8 Å². The van der Waals surface area contributed by atoms with Crippen LogP contribution in [0.3, 0.4) is 0 Å². The zero-order valence-corrected chi connectivity index (χ0v) is 12.8. The maximum absolute atomic E-state index is 10.8. The first-order valence-electron chi connectivity index (χ1n) is 6.37. The number of carboxylic acid groups (broad SMARTS) is 1. The molecule has 3 aromatic rings. The number of benzene rings is 1. The van der Waals surface area contributed by atoms with Crippen molar-refractivity contribution in [3.05, 3.63) is 52.7 Å². The van der Waals surface area contributed by atoms with Crippen LogP contribution in [0.25, 0.3) is 22.2 Å². The van der Waals surface area contributed by atoms with Gasteiger partial charge in [0.25, 0.3) is 0 Å². The molecular weight excluding hydrogens is 306 g/mol. The minimum Gasteiger partial charge on any atom is -0.481 e. The lowest BCUT2D eigenvalue weighted by molar-refractivity contribution is -0.136. The van der Waals surface area contributed by atoms with Crippen LogP contribution in [0.1, 0.15) is 12.0 Å². The Morgan fingerprint density at radius 1 is 1.24 bits per heavy atom. The van der Waals surface area contributed by atoms with Crippen LogP contribution in [0, 0.1) is 0 Å². The first-order chi connectivity index (χ1) is 9.74. The van der Waals surface area contributed by atoms with E-state index in [0.29, 0.717) is 6.42 Å². The van der Waals surface area contributed by atoms with Gasteiger partial charge in [-0.05, 0) is 35.6 Å². The number of pyridine rings is 1. The first kappa shape index (κ1) is 15.5. The number of aryl methyl sites for hydroxylation is 1. The normalized spacial score (nSPS) is 10.3. The fourth-order valence-corrected chi connectivity index (χ4v) is 2.90. The summed E-state index contributed by atoms with van der Waals surface area (Å²) >= 11 is 1.63. The summed E-state index contributed by atoms with van der Waals surface area (Å²) in [6.45, 7) is 0. The number of aromatic nitrogens is 1. The summed E-state index contributed by atoms with van der Waals surface area (Å²) in [6, 6.07) is 11.9. The molecule has 1 N–H and O–H groups in total. The fraction of sp³-hybridized carbons (Fsp3) is 0.125. The van der Waals surface area contributed by atoms with Crippen LogP contribution in [-0.4, -0.2) is 16.1 Å². The third-order valence-corrected chi connectivity index (χ3v) is 3.91. The number of nitrogens with zero attached hydrogens (tertiary/aromatic N) is 1. The Kier molecular flexibility index (Phi) is 4.94. The Bertz CT molecular complexity index is 756. The van der Waals surface area contributed by atoms with E-state index in [1.807, 2.05) is 41.8 Å². The highest BCUT2D eigenvalue weighted by Gasteiger charge is 2.09. The van der Waals surface area contributed by atoms with Gasteiger partial charge in [-0.15, -0.1) is 12.4 Å². The molecule has 0 fully saturated rings. The predicted octanol–water partition coefficient (Wildman–Crippen LogP) is 4.40. The minimum absolute atomic E-state index is 0. The van der Waals surface area contributed by atoms with Crippen molar-refractivity contribution in [2.75, 3.05) is 0 Å². The molecule has 0 unspecified atom stereocenters. The van der Waals surface area contributed by atoms with Crippen LogP contribution in [0.4, 0.5) is 0 Å². The summed E-state index contributed by atoms with van der Waals surface area (Å²) in [6.07, 6.45) is 0.659. The average Bonchev–Trinajstić information content (AvgIpc) is 2.98. The molecule has 1 aromatic carbocycles. The molecule has 0 radical (unpaired) electrons. The van der Waals surface area contributed by atoms with Crippen LogP contribution in [0.5, 0.6) is 0 Å². The van der Waals surface area contributed by atoms with Crippen molar-refractivity contribution in [2.24, 2.45) is 0 Å². The lowest BCUT2D eigenvalue weighted by Gasteiger charge is -2.08. The average molecular weight is 320 g/mol. The van der Waals surface area contributed by atoms with Crippen molar-refractivity contribution in [2.45, 2.75) is 12.8 Å². The Labute approximate surface area is 132 Å². The molecule has 21 heavy (non-hydrogen) atoms. The van der Waals surface area contributed by atoms with E-state index >= 15 is 0 Å². The van der Waals surface area contributed by atoms with Crippen LogP contribution >= 0.6 is 23.7 Å². The fourth-order valence-electron chi connectivity index (χ4n) is 2.25. The Balaban J connectivity index is 0.00000161. The highest BCUT2D eigenvalue weighted by atomic mass is 35.5. The largest absolute Gasteiger partial charge is 0.481 e. The molecule has 2 aromatic heterocycles. The van der Waals surface area contributed by atoms with Crippen LogP contribution in [0.15, 0.2) is 47.2 Å². The number of rotatable bonds is 4. The van der Waals surface area contributed by atoms with Crippen molar-refractivity contribution in [3.8, 4) is 11.3 Å². The van der Waals surface area contributed by atoms with Crippen molar-refractivity contribution in [1.29, 1.82) is 0 Å². The summed E-state index contributed by atoms with van der Waals surface area (Å²) in [5.41, 5.74) is 3.94. The molecule has 5 heteroatoms. The molecule has 0 amide bonds. The van der Waals surface area contributed by atoms with E-state index in [0.717, 1.165) is 27.7 Å². The second-order valence-corrected chi connectivity index (χ2v) is 5.37. The zero-order valence-electron chi connectivity index (χ0n) is 11.2. The molecule has 0 atom stereocenters. The van der Waals surface area contributed by atoms with E-state index in [9.17, 15) is 4.79 Å². The van der Waals surface area contributed by atoms with Gasteiger partial charge in [-0.25, -0.2) is 4.98 Å². The predicted molar refractivity (Wildman–Crippen MR) is 88.3 cm³/mol. The van der Waals surface area contributed by atoms with Crippen LogP contribution < -0.4 is 0 Å². The highest BCUT2D eigenvalue weighted by molar-refractivity contribution is 7.08. The lowest BCUT2D eigenvalue weighted by Crippen LogP contribution is -1.99. The Hall–Kier alpha value is -1.91. The second kappa shape index (κ2) is 6.70. The Morgan fingerprint density at radius 2 is 2.05 bits per heavy atom. The summed E-state index contributed by atoms with van der Waals surface area (Å²) in [4.78, 5) is 15.5. The number of carbonyl (C=O) groups is 1. The number of carboxylic acids is 1. The number of hydrogen-bond donors (Lipinski definition) is 1. The molecule has 108 valence electrons. The van der Waals surface area contributed by atoms with E-state index < -0.39 is 5.97 Å². The quantitative estimate of drug-likeness (QED) is 0.775. The summed E-state index contributed by atoms with van der Waals surface area (Å²) < 4.78 is 0. The van der Waals surface area contributed by atoms with E-state index in [-0.39, 0.29) is 18.8 Å². The molecule has 0 spiro atoms. The number of fused-ring (bicyclic) bond motifs is 1. The molecule has 0 aliphatic rings. The SMILES string of the molecule is Cl.O=C(O)CCc1cc(-c2ccsc2)nc2ccccc12. The molecule has 0 saturated heterocycles. The molecule has 3 rings (SSSR count). The van der Waals surface area contributed by atoms with Gasteiger partial charge in [0.1, 0.15) is 0 Å². The van der Waals surface area contributed by atoms with Gasteiger partial charge < -0.3 is 5.11 Å². The summed E-state index contributed by atoms with van der Waals surface area (Å²) in [5.74, 6) is -0.775. The van der Waals surface area contributed by atoms with Crippen molar-refractivity contribution in [1.82, 2.24) is 4.98 Å². The minimum atomic E-state index is -0.775. The first-order valence-corrected chi connectivity index (χ1v) is 7.31. The summed E-state index contributed by atoms with van der Waals surface area (Å²) in [7, 11) is 0. The van der Waals surface area contributed by atoms with E-state index in [1.165, 1.54) is 0 Å². The van der Waals surface area contributed by atoms with Crippen LogP contribution in [0.2, 0.25) is 0 Å². The van der Waals surface area contributed by atoms with E-state index in [1.54, 1.807) is 11.3 Å². The van der Waals surface area contributed by atoms with Gasteiger partial charge in [-0.1, -0.05) is 18.2 Å². The maximum atomic E-state index is 10.8. The van der Waals surface area contributed by atoms with Crippen molar-refractivity contribution >= 4 is 40.6 Å². The molecule has 0 aliphatic carbocycles. The molecule has 2 heterocycles. The molecule has 0 bridgehead atoms. The number of thiophene rings is 1. The van der Waals surface area contributed by atoms with Crippen molar-refractivity contribution in [3.63, 3.8) is 0 Å². The number of aliphatic carboxylic acids is 1. The number of para-hydroxylation sites is 1. The Morgan fingerprint density at radius 3 is 2.76 bits per heavy atom. The van der Waals surface area contributed by atoms with Gasteiger partial charge in [0.05, 0.1) is 11.2 Å². The van der Waals surface area contributed by atoms with Gasteiger partial charge in [-0.2, -0.15) is 11.3 Å². The highest BCUT2D eigenvalue weighted by Crippen LogP contribution is 2.26. The summed E-state index contributed by atoms with van der Waals surface area (Å²) in [5, 5.41) is 14.0. The standard InChI is InChI=1S/C16H13NO2S.ClH/c18-16(19)6-5-11-9-15(12-7-8-20-10-12)17-14-4-2-1-3-13(11)14;/h1-4,7-10H,5-6H2,(H,18,19);1H. The third-order valence-electron chi connectivity index (χ3n) is 3.23.